The molecule has 1 unspecified atom stereocenters. The summed E-state index contributed by atoms with van der Waals surface area (Å²) in [6.07, 6.45) is 2.79. The Bertz CT molecular complexity index is 1050. The molecule has 0 spiro atoms. The van der Waals surface area contributed by atoms with Crippen LogP contribution in [0.5, 0.6) is 5.75 Å². The Morgan fingerprint density at radius 1 is 1.09 bits per heavy atom. The number of carbonyl (C=O) groups excluding carboxylic acids is 1. The molecule has 2 aromatic rings. The van der Waals surface area contributed by atoms with Gasteiger partial charge in [-0.05, 0) is 50.1 Å². The van der Waals surface area contributed by atoms with Gasteiger partial charge in [0.15, 0.2) is 5.66 Å². The van der Waals surface area contributed by atoms with Crippen LogP contribution in [0.15, 0.2) is 42.5 Å². The van der Waals surface area contributed by atoms with Crippen molar-refractivity contribution < 1.29 is 13.9 Å². The summed E-state index contributed by atoms with van der Waals surface area (Å²) in [5.74, 6) is 0.583. The number of rotatable bonds is 6. The van der Waals surface area contributed by atoms with Crippen LogP contribution in [0, 0.1) is 5.82 Å². The Hall–Kier alpha value is -2.64. The highest BCUT2D eigenvalue weighted by atomic mass is 19.1. The molecule has 0 saturated carbocycles. The van der Waals surface area contributed by atoms with Crippen molar-refractivity contribution in [2.24, 2.45) is 0 Å². The van der Waals surface area contributed by atoms with Crippen LogP contribution in [0.2, 0.25) is 0 Å². The molecule has 1 atom stereocenters. The lowest BCUT2D eigenvalue weighted by Crippen LogP contribution is -2.62. The third-order valence-electron chi connectivity index (χ3n) is 7.27. The number of unbranched alkanes of at least 4 members (excludes halogenated alkanes) is 1. The van der Waals surface area contributed by atoms with E-state index in [0.29, 0.717) is 18.8 Å². The third-order valence-corrected chi connectivity index (χ3v) is 7.27. The number of ether oxygens (including phenoxy) is 1. The first kappa shape index (κ1) is 23.1. The summed E-state index contributed by atoms with van der Waals surface area (Å²) >= 11 is 0. The van der Waals surface area contributed by atoms with Crippen molar-refractivity contribution in [1.82, 2.24) is 15.1 Å². The van der Waals surface area contributed by atoms with Crippen molar-refractivity contribution >= 4 is 11.7 Å². The topological polar surface area (TPSA) is 48.1 Å². The maximum atomic E-state index is 14.0. The Morgan fingerprint density at radius 3 is 2.53 bits per heavy atom. The van der Waals surface area contributed by atoms with Gasteiger partial charge in [0, 0.05) is 50.4 Å². The van der Waals surface area contributed by atoms with E-state index >= 15 is 0 Å². The molecule has 7 heteroatoms. The SMILES string of the molecule is CCCCN1CC(c2cccc3c2OC(C)(C)C3)(N2CCNCC2)N(c2ccc(F)cc2)C1=O. The van der Waals surface area contributed by atoms with Gasteiger partial charge in [0.2, 0.25) is 0 Å². The maximum Gasteiger partial charge on any atom is 0.326 e. The maximum absolute atomic E-state index is 14.0. The zero-order valence-electron chi connectivity index (χ0n) is 20.4. The number of piperazine rings is 1. The fourth-order valence-corrected chi connectivity index (χ4v) is 5.73. The lowest BCUT2D eigenvalue weighted by molar-refractivity contribution is 0.0696. The van der Waals surface area contributed by atoms with Gasteiger partial charge in [-0.3, -0.25) is 9.80 Å². The minimum absolute atomic E-state index is 0.0338. The van der Waals surface area contributed by atoms with Gasteiger partial charge in [0.25, 0.3) is 0 Å². The summed E-state index contributed by atoms with van der Waals surface area (Å²) in [6, 6.07) is 12.6. The molecule has 3 aliphatic rings. The second-order valence-corrected chi connectivity index (χ2v) is 10.3. The zero-order chi connectivity index (χ0) is 23.9. The number of amides is 2. The van der Waals surface area contributed by atoms with E-state index in [0.717, 1.165) is 56.8 Å². The van der Waals surface area contributed by atoms with Crippen molar-refractivity contribution in [3.05, 3.63) is 59.4 Å². The van der Waals surface area contributed by atoms with E-state index in [2.05, 4.69) is 49.2 Å². The first-order chi connectivity index (χ1) is 16.4. The molecular formula is C27H35FN4O2. The van der Waals surface area contributed by atoms with Crippen LogP contribution in [0.4, 0.5) is 14.9 Å². The van der Waals surface area contributed by atoms with E-state index in [4.69, 9.17) is 4.74 Å². The number of fused-ring (bicyclic) bond motifs is 1. The fraction of sp³-hybridized carbons (Fsp3) is 0.519. The molecule has 2 amide bonds. The van der Waals surface area contributed by atoms with Crippen molar-refractivity contribution in [2.75, 3.05) is 44.2 Å². The van der Waals surface area contributed by atoms with Gasteiger partial charge in [0.05, 0.1) is 6.54 Å². The second-order valence-electron chi connectivity index (χ2n) is 10.3. The summed E-state index contributed by atoms with van der Waals surface area (Å²) < 4.78 is 20.4. The van der Waals surface area contributed by atoms with Crippen LogP contribution in [0.1, 0.15) is 44.7 Å². The van der Waals surface area contributed by atoms with Crippen LogP contribution in [0.3, 0.4) is 0 Å². The Balaban J connectivity index is 1.72. The molecule has 0 aromatic heterocycles. The van der Waals surface area contributed by atoms with Crippen LogP contribution in [-0.2, 0) is 12.1 Å². The fourth-order valence-electron chi connectivity index (χ4n) is 5.73. The molecule has 5 rings (SSSR count). The molecule has 2 fully saturated rings. The standard InChI is InChI=1S/C27H35FN4O2/c1-4-5-15-30-19-27(31-16-13-29-14-17-31,32(25(30)33)22-11-9-21(28)10-12-22)23-8-6-7-20-18-26(2,3)34-24(20)23/h6-12,29H,4-5,13-19H2,1-3H3. The number of nitrogens with zero attached hydrogens (tertiary/aromatic N) is 3. The average Bonchev–Trinajstić information content (AvgIpc) is 3.31. The molecule has 2 saturated heterocycles. The number of benzene rings is 2. The number of urea groups is 1. The summed E-state index contributed by atoms with van der Waals surface area (Å²) in [5, 5.41) is 3.45. The van der Waals surface area contributed by atoms with Gasteiger partial charge in [-0.15, -0.1) is 0 Å². The average molecular weight is 467 g/mol. The minimum Gasteiger partial charge on any atom is -0.487 e. The summed E-state index contributed by atoms with van der Waals surface area (Å²) in [5.41, 5.74) is 1.87. The second kappa shape index (κ2) is 8.86. The van der Waals surface area contributed by atoms with Crippen molar-refractivity contribution in [1.29, 1.82) is 0 Å². The predicted octanol–water partition coefficient (Wildman–Crippen LogP) is 4.34. The summed E-state index contributed by atoms with van der Waals surface area (Å²) in [7, 11) is 0. The molecule has 34 heavy (non-hydrogen) atoms. The van der Waals surface area contributed by atoms with Gasteiger partial charge >= 0.3 is 6.03 Å². The van der Waals surface area contributed by atoms with E-state index in [9.17, 15) is 9.18 Å². The first-order valence-corrected chi connectivity index (χ1v) is 12.5. The van der Waals surface area contributed by atoms with Crippen LogP contribution in [0.25, 0.3) is 0 Å². The molecule has 3 heterocycles. The number of halogens is 1. The molecule has 182 valence electrons. The number of hydrogen-bond acceptors (Lipinski definition) is 4. The van der Waals surface area contributed by atoms with E-state index in [-0.39, 0.29) is 17.4 Å². The third kappa shape index (κ3) is 3.85. The molecule has 1 N–H and O–H groups in total. The van der Waals surface area contributed by atoms with Crippen molar-refractivity contribution in [2.45, 2.75) is 51.3 Å². The van der Waals surface area contributed by atoms with Crippen molar-refractivity contribution in [3.8, 4) is 5.75 Å². The number of carbonyl (C=O) groups is 1. The minimum atomic E-state index is -0.740. The number of anilines is 1. The number of nitrogens with one attached hydrogen (secondary N) is 1. The quantitative estimate of drug-likeness (QED) is 0.688. The monoisotopic (exact) mass is 466 g/mol. The van der Waals surface area contributed by atoms with E-state index < -0.39 is 5.66 Å². The highest BCUT2D eigenvalue weighted by Crippen LogP contribution is 2.49. The molecule has 0 bridgehead atoms. The van der Waals surface area contributed by atoms with E-state index in [1.165, 1.54) is 17.7 Å². The molecular weight excluding hydrogens is 431 g/mol. The van der Waals surface area contributed by atoms with Gasteiger partial charge in [-0.2, -0.15) is 0 Å². The Kier molecular flexibility index (Phi) is 6.02. The van der Waals surface area contributed by atoms with Crippen LogP contribution >= 0.6 is 0 Å². The Morgan fingerprint density at radius 2 is 1.82 bits per heavy atom. The van der Waals surface area contributed by atoms with Crippen molar-refractivity contribution in [3.63, 3.8) is 0 Å². The zero-order valence-corrected chi connectivity index (χ0v) is 20.4. The van der Waals surface area contributed by atoms with Gasteiger partial charge in [-0.25, -0.2) is 9.18 Å². The highest BCUT2D eigenvalue weighted by molar-refractivity contribution is 5.96. The molecule has 0 aliphatic carbocycles. The normalized spacial score (nSPS) is 24.4. The lowest BCUT2D eigenvalue weighted by Gasteiger charge is -2.48. The van der Waals surface area contributed by atoms with Crippen LogP contribution in [-0.4, -0.2) is 60.7 Å². The number of hydrogen-bond donors (Lipinski definition) is 1. The summed E-state index contributed by atoms with van der Waals surface area (Å²) in [4.78, 5) is 20.3. The lowest BCUT2D eigenvalue weighted by atomic mass is 9.91. The summed E-state index contributed by atoms with van der Waals surface area (Å²) in [6.45, 7) is 10.9. The molecule has 0 radical (unpaired) electrons. The smallest absolute Gasteiger partial charge is 0.326 e. The van der Waals surface area contributed by atoms with Gasteiger partial charge < -0.3 is 15.0 Å². The molecule has 3 aliphatic heterocycles. The van der Waals surface area contributed by atoms with Gasteiger partial charge in [-0.1, -0.05) is 31.5 Å². The van der Waals surface area contributed by atoms with Crippen LogP contribution < -0.4 is 15.0 Å². The predicted molar refractivity (Wildman–Crippen MR) is 132 cm³/mol. The van der Waals surface area contributed by atoms with E-state index in [1.54, 1.807) is 12.1 Å². The number of para-hydroxylation sites is 1. The largest absolute Gasteiger partial charge is 0.487 e. The first-order valence-electron chi connectivity index (χ1n) is 12.5. The Labute approximate surface area is 201 Å². The molecule has 2 aromatic carbocycles. The van der Waals surface area contributed by atoms with Gasteiger partial charge in [0.1, 0.15) is 17.2 Å². The highest BCUT2D eigenvalue weighted by Gasteiger charge is 2.57. The molecule has 6 nitrogen and oxygen atoms in total. The van der Waals surface area contributed by atoms with E-state index in [1.807, 2.05) is 9.80 Å².